The number of hydrogen-bond acceptors (Lipinski definition) is 2. The number of nitrogens with one attached hydrogen (secondary N) is 1. The molecule has 0 spiro atoms. The van der Waals surface area contributed by atoms with E-state index < -0.39 is 10.5 Å². The van der Waals surface area contributed by atoms with E-state index in [0.717, 1.165) is 9.79 Å². The fraction of sp³-hybridized carbons (Fsp3) is 0. The summed E-state index contributed by atoms with van der Waals surface area (Å²) >= 11 is 0. The maximum atomic E-state index is 12.8. The van der Waals surface area contributed by atoms with Crippen LogP contribution in [0, 0.1) is 11.6 Å². The largest absolute Gasteiger partial charge is 0.217 e. The number of halogens is 2. The Labute approximate surface area is 98.8 Å². The van der Waals surface area contributed by atoms with Gasteiger partial charge in [-0.05, 0) is 48.5 Å². The summed E-state index contributed by atoms with van der Waals surface area (Å²) < 4.78 is 31.0. The van der Waals surface area contributed by atoms with Crippen LogP contribution in [-0.4, -0.2) is 0 Å². The standard InChI is InChI=1S/C12H9F2NOS/c13-9-1-5-11(6-2-9)17(15-16-17)12-7-3-10(14)4-8-12/h1-8,15H. The van der Waals surface area contributed by atoms with E-state index in [0.29, 0.717) is 0 Å². The molecule has 2 nitrogen and oxygen atoms in total. The normalized spacial score (nSPS) is 18.7. The number of rotatable bonds is 2. The number of hydrogen-bond donors (Lipinski definition) is 1. The quantitative estimate of drug-likeness (QED) is 0.830. The molecule has 0 unspecified atom stereocenters. The van der Waals surface area contributed by atoms with Crippen LogP contribution in [0.5, 0.6) is 0 Å². The maximum absolute atomic E-state index is 12.8. The fourth-order valence-corrected chi connectivity index (χ4v) is 3.58. The van der Waals surface area contributed by atoms with Crippen molar-refractivity contribution < 1.29 is 13.1 Å². The summed E-state index contributed by atoms with van der Waals surface area (Å²) in [5.74, 6) is -0.578. The van der Waals surface area contributed by atoms with Gasteiger partial charge in [0.05, 0.1) is 0 Å². The van der Waals surface area contributed by atoms with Crippen molar-refractivity contribution in [3.8, 4) is 0 Å². The maximum Gasteiger partial charge on any atom is 0.123 e. The van der Waals surface area contributed by atoms with E-state index in [1.807, 2.05) is 0 Å². The zero-order chi connectivity index (χ0) is 11.9. The van der Waals surface area contributed by atoms with Gasteiger partial charge in [-0.25, -0.2) is 13.1 Å². The zero-order valence-electron chi connectivity index (χ0n) is 8.69. The Hall–Kier alpha value is -1.43. The van der Waals surface area contributed by atoms with Crippen LogP contribution in [0.2, 0.25) is 0 Å². The van der Waals surface area contributed by atoms with Gasteiger partial charge in [-0.1, -0.05) is 0 Å². The minimum atomic E-state index is -1.71. The van der Waals surface area contributed by atoms with Gasteiger partial charge in [-0.3, -0.25) is 0 Å². The lowest BCUT2D eigenvalue weighted by Gasteiger charge is -2.14. The van der Waals surface area contributed by atoms with Crippen LogP contribution in [0.15, 0.2) is 58.3 Å². The molecular weight excluding hydrogens is 244 g/mol. The molecule has 2 aromatic carbocycles. The molecule has 5 heteroatoms. The highest BCUT2D eigenvalue weighted by atomic mass is 32.3. The van der Waals surface area contributed by atoms with Gasteiger partial charge in [0.25, 0.3) is 0 Å². The summed E-state index contributed by atoms with van der Waals surface area (Å²) in [6.45, 7) is 0. The van der Waals surface area contributed by atoms with Crippen molar-refractivity contribution >= 4 is 10.5 Å². The SMILES string of the molecule is Fc1ccc(S2(c3ccc(F)cc3)NO2)cc1. The highest BCUT2D eigenvalue weighted by molar-refractivity contribution is 8.32. The first kappa shape index (κ1) is 10.7. The average Bonchev–Trinajstić information content (AvgIpc) is 3.12. The molecule has 0 saturated carbocycles. The third-order valence-corrected chi connectivity index (χ3v) is 4.91. The zero-order valence-corrected chi connectivity index (χ0v) is 9.51. The molecule has 0 aromatic heterocycles. The third-order valence-electron chi connectivity index (χ3n) is 2.54. The first-order valence-corrected chi connectivity index (χ1v) is 6.56. The van der Waals surface area contributed by atoms with Crippen LogP contribution in [0.1, 0.15) is 0 Å². The van der Waals surface area contributed by atoms with Gasteiger partial charge in [0, 0.05) is 20.3 Å². The van der Waals surface area contributed by atoms with Gasteiger partial charge < -0.3 is 0 Å². The Morgan fingerprint density at radius 3 is 1.41 bits per heavy atom. The molecular formula is C12H9F2NOS. The van der Waals surface area contributed by atoms with Crippen LogP contribution >= 0.6 is 10.5 Å². The molecule has 0 amide bonds. The second kappa shape index (κ2) is 3.80. The van der Waals surface area contributed by atoms with E-state index in [4.69, 9.17) is 4.28 Å². The molecule has 0 bridgehead atoms. The predicted octanol–water partition coefficient (Wildman–Crippen LogP) is 3.55. The predicted molar refractivity (Wildman–Crippen MR) is 61.1 cm³/mol. The van der Waals surface area contributed by atoms with E-state index in [-0.39, 0.29) is 11.6 Å². The van der Waals surface area contributed by atoms with E-state index >= 15 is 0 Å². The topological polar surface area (TPSA) is 34.5 Å². The Morgan fingerprint density at radius 2 is 1.12 bits per heavy atom. The van der Waals surface area contributed by atoms with E-state index in [2.05, 4.69) is 4.89 Å². The molecule has 0 aliphatic carbocycles. The van der Waals surface area contributed by atoms with E-state index in [1.54, 1.807) is 24.3 Å². The highest BCUT2D eigenvalue weighted by Gasteiger charge is 2.43. The Balaban J connectivity index is 2.01. The van der Waals surface area contributed by atoms with Crippen molar-refractivity contribution in [2.24, 2.45) is 0 Å². The molecule has 1 saturated heterocycles. The molecule has 1 N–H and O–H groups in total. The lowest BCUT2D eigenvalue weighted by atomic mass is 10.3. The Bertz CT molecular complexity index is 490. The van der Waals surface area contributed by atoms with Crippen molar-refractivity contribution in [3.63, 3.8) is 0 Å². The van der Waals surface area contributed by atoms with E-state index in [1.165, 1.54) is 24.3 Å². The Morgan fingerprint density at radius 1 is 0.765 bits per heavy atom. The number of benzene rings is 2. The van der Waals surface area contributed by atoms with Gasteiger partial charge in [-0.2, -0.15) is 0 Å². The van der Waals surface area contributed by atoms with Gasteiger partial charge in [-0.15, -0.1) is 4.89 Å². The van der Waals surface area contributed by atoms with Crippen molar-refractivity contribution in [2.75, 3.05) is 0 Å². The molecule has 1 fully saturated rings. The molecule has 17 heavy (non-hydrogen) atoms. The lowest BCUT2D eigenvalue weighted by molar-refractivity contribution is 0.467. The van der Waals surface area contributed by atoms with Crippen molar-refractivity contribution in [3.05, 3.63) is 60.2 Å². The van der Waals surface area contributed by atoms with Crippen LogP contribution in [0.4, 0.5) is 8.78 Å². The van der Waals surface area contributed by atoms with Crippen LogP contribution < -0.4 is 4.89 Å². The summed E-state index contributed by atoms with van der Waals surface area (Å²) in [4.78, 5) is 4.59. The summed E-state index contributed by atoms with van der Waals surface area (Å²) in [5.41, 5.74) is 0. The fourth-order valence-electron chi connectivity index (χ4n) is 1.62. The molecule has 88 valence electrons. The second-order valence-corrected chi connectivity index (χ2v) is 6.02. The van der Waals surface area contributed by atoms with Gasteiger partial charge in [0.15, 0.2) is 0 Å². The first-order valence-electron chi connectivity index (χ1n) is 5.00. The molecule has 0 atom stereocenters. The van der Waals surface area contributed by atoms with Crippen molar-refractivity contribution in [1.29, 1.82) is 0 Å². The minimum absolute atomic E-state index is 0.289. The summed E-state index contributed by atoms with van der Waals surface area (Å²) in [6.07, 6.45) is 0. The van der Waals surface area contributed by atoms with Gasteiger partial charge >= 0.3 is 0 Å². The molecule has 0 radical (unpaired) electrons. The molecule has 2 aromatic rings. The average molecular weight is 253 g/mol. The van der Waals surface area contributed by atoms with Crippen molar-refractivity contribution in [1.82, 2.24) is 4.89 Å². The van der Waals surface area contributed by atoms with Crippen LogP contribution in [-0.2, 0) is 4.28 Å². The van der Waals surface area contributed by atoms with E-state index in [9.17, 15) is 8.78 Å². The van der Waals surface area contributed by atoms with Crippen LogP contribution in [0.3, 0.4) is 0 Å². The van der Waals surface area contributed by atoms with Crippen LogP contribution in [0.25, 0.3) is 0 Å². The minimum Gasteiger partial charge on any atom is -0.217 e. The summed E-state index contributed by atoms with van der Waals surface area (Å²) in [7, 11) is -1.71. The highest BCUT2D eigenvalue weighted by Crippen LogP contribution is 2.69. The van der Waals surface area contributed by atoms with Gasteiger partial charge in [0.1, 0.15) is 11.6 Å². The second-order valence-electron chi connectivity index (χ2n) is 3.63. The monoisotopic (exact) mass is 253 g/mol. The molecule has 1 heterocycles. The first-order chi connectivity index (χ1) is 8.21. The smallest absolute Gasteiger partial charge is 0.123 e. The lowest BCUT2D eigenvalue weighted by Crippen LogP contribution is -1.90. The van der Waals surface area contributed by atoms with Gasteiger partial charge in [0.2, 0.25) is 0 Å². The molecule has 3 rings (SSSR count). The summed E-state index contributed by atoms with van der Waals surface area (Å²) in [5, 5.41) is 0. The molecule has 1 aliphatic rings. The molecule has 1 aliphatic heterocycles. The Kier molecular flexibility index (Phi) is 2.39. The summed E-state index contributed by atoms with van der Waals surface area (Å²) in [6, 6.07) is 12.2. The van der Waals surface area contributed by atoms with Crippen molar-refractivity contribution in [2.45, 2.75) is 9.79 Å². The third kappa shape index (κ3) is 1.82.